The van der Waals surface area contributed by atoms with E-state index in [9.17, 15) is 9.90 Å². The van der Waals surface area contributed by atoms with Gasteiger partial charge in [0.05, 0.1) is 5.41 Å². The molecule has 0 radical (unpaired) electrons. The number of carboxylic acid groups (broad SMARTS) is 1. The monoisotopic (exact) mass is 544 g/mol. The molecule has 0 heterocycles. The maximum atomic E-state index is 11.6. The van der Waals surface area contributed by atoms with Crippen LogP contribution >= 0.6 is 11.9 Å². The van der Waals surface area contributed by atoms with E-state index in [2.05, 4.69) is 86.0 Å². The van der Waals surface area contributed by atoms with E-state index < -0.39 is 11.4 Å². The first-order valence-electron chi connectivity index (χ1n) is 14.1. The Hall–Kier alpha value is -2.60. The predicted molar refractivity (Wildman–Crippen MR) is 164 cm³/mol. The van der Waals surface area contributed by atoms with E-state index >= 15 is 0 Å². The number of benzene rings is 3. The summed E-state index contributed by atoms with van der Waals surface area (Å²) in [6.07, 6.45) is 3.61. The quantitative estimate of drug-likeness (QED) is 0.232. The lowest BCUT2D eigenvalue weighted by Gasteiger charge is -2.31. The maximum Gasteiger partial charge on any atom is 0.313 e. The van der Waals surface area contributed by atoms with Gasteiger partial charge in [-0.25, -0.2) is 4.31 Å². The van der Waals surface area contributed by atoms with Gasteiger partial charge in [0.25, 0.3) is 0 Å². The summed E-state index contributed by atoms with van der Waals surface area (Å²) < 4.78 is 2.32. The van der Waals surface area contributed by atoms with Crippen molar-refractivity contribution in [1.82, 2.24) is 9.62 Å². The van der Waals surface area contributed by atoms with Gasteiger partial charge in [0.1, 0.15) is 0 Å². The van der Waals surface area contributed by atoms with Gasteiger partial charge in [-0.15, -0.1) is 0 Å². The first-order valence-corrected chi connectivity index (χ1v) is 14.9. The molecule has 1 unspecified atom stereocenters. The highest BCUT2D eigenvalue weighted by Crippen LogP contribution is 2.33. The molecule has 0 spiro atoms. The van der Waals surface area contributed by atoms with Crippen LogP contribution in [-0.4, -0.2) is 41.1 Å². The van der Waals surface area contributed by atoms with Gasteiger partial charge in [0.2, 0.25) is 0 Å². The molecule has 2 N–H and O–H groups in total. The van der Waals surface area contributed by atoms with Gasteiger partial charge >= 0.3 is 5.97 Å². The summed E-state index contributed by atoms with van der Waals surface area (Å²) in [5.41, 5.74) is 5.33. The number of hydrogen-bond donors (Lipinski definition) is 2. The molecule has 0 aromatic heterocycles. The number of aliphatic carboxylic acids is 1. The summed E-state index contributed by atoms with van der Waals surface area (Å²) in [6.45, 7) is 12.5. The average Bonchev–Trinajstić information content (AvgIpc) is 3.29. The smallest absolute Gasteiger partial charge is 0.313 e. The first-order chi connectivity index (χ1) is 18.4. The van der Waals surface area contributed by atoms with Crippen molar-refractivity contribution in [3.05, 3.63) is 89.5 Å². The lowest BCUT2D eigenvalue weighted by atomic mass is 9.84. The fourth-order valence-corrected chi connectivity index (χ4v) is 6.70. The van der Waals surface area contributed by atoms with Gasteiger partial charge < -0.3 is 10.4 Å². The Bertz CT molecular complexity index is 1240. The third-order valence-electron chi connectivity index (χ3n) is 8.00. The second kappa shape index (κ2) is 12.3. The minimum absolute atomic E-state index is 0.121. The van der Waals surface area contributed by atoms with E-state index in [0.717, 1.165) is 35.7 Å². The van der Waals surface area contributed by atoms with E-state index in [-0.39, 0.29) is 5.54 Å². The van der Waals surface area contributed by atoms with Crippen LogP contribution in [0.1, 0.15) is 57.7 Å². The van der Waals surface area contributed by atoms with Crippen LogP contribution in [0, 0.1) is 11.8 Å². The molecule has 4 nitrogen and oxygen atoms in total. The molecule has 0 bridgehead atoms. The minimum Gasteiger partial charge on any atom is -0.481 e. The molecule has 3 aromatic carbocycles. The average molecular weight is 545 g/mol. The fourth-order valence-electron chi connectivity index (χ4n) is 5.69. The zero-order chi connectivity index (χ0) is 28.2. The number of nitrogens with zero attached hydrogens (tertiary/aromatic N) is 1. The number of fused-ring (bicyclic) bond motifs is 1. The zero-order valence-electron chi connectivity index (χ0n) is 24.3. The van der Waals surface area contributed by atoms with Gasteiger partial charge in [-0.1, -0.05) is 67.6 Å². The number of rotatable bonds is 12. The second-order valence-electron chi connectivity index (χ2n) is 12.6. The highest BCUT2D eigenvalue weighted by Gasteiger charge is 2.30. The van der Waals surface area contributed by atoms with Gasteiger partial charge in [-0.2, -0.15) is 0 Å². The summed E-state index contributed by atoms with van der Waals surface area (Å²) in [6, 6.07) is 25.4. The summed E-state index contributed by atoms with van der Waals surface area (Å²) in [4.78, 5) is 12.8. The summed E-state index contributed by atoms with van der Waals surface area (Å²) in [5, 5.41) is 13.4. The minimum atomic E-state index is -0.901. The van der Waals surface area contributed by atoms with Gasteiger partial charge in [0.15, 0.2) is 0 Å². The van der Waals surface area contributed by atoms with E-state index in [1.807, 2.05) is 24.3 Å². The molecule has 0 saturated heterocycles. The van der Waals surface area contributed by atoms with Crippen LogP contribution in [0.2, 0.25) is 0 Å². The van der Waals surface area contributed by atoms with Crippen LogP contribution in [-0.2, 0) is 23.1 Å². The van der Waals surface area contributed by atoms with Crippen molar-refractivity contribution in [1.29, 1.82) is 0 Å². The number of carboxylic acids is 1. The highest BCUT2D eigenvalue weighted by atomic mass is 32.2. The van der Waals surface area contributed by atoms with Gasteiger partial charge in [0, 0.05) is 17.0 Å². The van der Waals surface area contributed by atoms with E-state index in [1.165, 1.54) is 35.3 Å². The Morgan fingerprint density at radius 2 is 1.62 bits per heavy atom. The van der Waals surface area contributed by atoms with Crippen molar-refractivity contribution >= 4 is 17.9 Å². The molecule has 208 valence electrons. The predicted octanol–water partition coefficient (Wildman–Crippen LogP) is 7.46. The fraction of sp³-hybridized carbons (Fsp3) is 0.441. The Morgan fingerprint density at radius 3 is 2.23 bits per heavy atom. The molecule has 1 aliphatic rings. The third-order valence-corrected chi connectivity index (χ3v) is 8.93. The maximum absolute atomic E-state index is 11.6. The van der Waals surface area contributed by atoms with Crippen LogP contribution in [0.3, 0.4) is 0 Å². The van der Waals surface area contributed by atoms with Gasteiger partial charge in [-0.05, 0) is 124 Å². The lowest BCUT2D eigenvalue weighted by molar-refractivity contribution is -0.142. The van der Waals surface area contributed by atoms with Crippen molar-refractivity contribution < 1.29 is 9.90 Å². The second-order valence-corrected chi connectivity index (χ2v) is 13.8. The summed E-state index contributed by atoms with van der Waals surface area (Å²) >= 11 is 1.77. The van der Waals surface area contributed by atoms with Gasteiger partial charge in [-0.3, -0.25) is 4.79 Å². The lowest BCUT2D eigenvalue weighted by Crippen LogP contribution is -2.44. The molecule has 5 heteroatoms. The summed E-state index contributed by atoms with van der Waals surface area (Å²) in [7, 11) is 2.16. The SMILES string of the molecule is CC(CNC(C)(C)CC1Cc2ccccc2C1)CN(C)Sc1cccc(-c2ccc(C(C)(C)C(=O)O)cc2)c1. The van der Waals surface area contributed by atoms with Crippen molar-refractivity contribution in [2.24, 2.45) is 11.8 Å². The topological polar surface area (TPSA) is 52.6 Å². The van der Waals surface area contributed by atoms with E-state index in [4.69, 9.17) is 0 Å². The highest BCUT2D eigenvalue weighted by molar-refractivity contribution is 7.97. The van der Waals surface area contributed by atoms with Crippen LogP contribution in [0.5, 0.6) is 0 Å². The number of nitrogens with one attached hydrogen (secondary N) is 1. The standard InChI is InChI=1S/C34H44N2O2S/c1-24(22-35-33(2,3)21-25-18-27-10-7-8-11-28(27)19-25)23-36(6)39-31-13-9-12-29(20-31)26-14-16-30(17-15-26)34(4,5)32(37)38/h7-17,20,24-25,35H,18-19,21-23H2,1-6H3,(H,37,38). The molecule has 39 heavy (non-hydrogen) atoms. The van der Waals surface area contributed by atoms with Crippen LogP contribution < -0.4 is 5.32 Å². The first kappa shape index (κ1) is 29.4. The van der Waals surface area contributed by atoms with Crippen LogP contribution in [0.25, 0.3) is 11.1 Å². The van der Waals surface area contributed by atoms with Crippen LogP contribution in [0.4, 0.5) is 0 Å². The van der Waals surface area contributed by atoms with Crippen molar-refractivity contribution in [2.45, 2.75) is 69.7 Å². The van der Waals surface area contributed by atoms with E-state index in [0.29, 0.717) is 5.92 Å². The third kappa shape index (κ3) is 7.75. The largest absolute Gasteiger partial charge is 0.481 e. The Labute approximate surface area is 239 Å². The molecule has 0 saturated carbocycles. The number of carbonyl (C=O) groups is 1. The van der Waals surface area contributed by atoms with Crippen molar-refractivity contribution in [2.75, 3.05) is 20.1 Å². The molecule has 0 aliphatic heterocycles. The van der Waals surface area contributed by atoms with Crippen molar-refractivity contribution in [3.8, 4) is 11.1 Å². The molecule has 1 aliphatic carbocycles. The molecule has 4 rings (SSSR count). The molecular formula is C34H44N2O2S. The Kier molecular flexibility index (Phi) is 9.25. The normalized spacial score (nSPS) is 14.9. The van der Waals surface area contributed by atoms with Crippen molar-refractivity contribution in [3.63, 3.8) is 0 Å². The Morgan fingerprint density at radius 1 is 0.974 bits per heavy atom. The zero-order valence-corrected chi connectivity index (χ0v) is 25.1. The Balaban J connectivity index is 1.26. The molecular weight excluding hydrogens is 500 g/mol. The molecule has 0 fully saturated rings. The van der Waals surface area contributed by atoms with E-state index in [1.54, 1.807) is 25.8 Å². The van der Waals surface area contributed by atoms with Crippen LogP contribution in [0.15, 0.2) is 77.7 Å². The summed E-state index contributed by atoms with van der Waals surface area (Å²) in [5.74, 6) is 0.436. The number of hydrogen-bond acceptors (Lipinski definition) is 4. The molecule has 1 atom stereocenters. The molecule has 0 amide bonds. The molecule has 3 aromatic rings.